The second-order valence-corrected chi connectivity index (χ2v) is 7.68. The summed E-state index contributed by atoms with van der Waals surface area (Å²) in [5.74, 6) is 0.0490. The summed E-state index contributed by atoms with van der Waals surface area (Å²) in [7, 11) is 0. The first-order valence-corrected chi connectivity index (χ1v) is 9.42. The fourth-order valence-electron chi connectivity index (χ4n) is 3.72. The molecule has 4 nitrogen and oxygen atoms in total. The first-order chi connectivity index (χ1) is 10.7. The van der Waals surface area contributed by atoms with Gasteiger partial charge in [-0.3, -0.25) is 9.69 Å². The molecule has 0 spiro atoms. The van der Waals surface area contributed by atoms with Crippen LogP contribution in [-0.4, -0.2) is 36.0 Å². The van der Waals surface area contributed by atoms with Crippen LogP contribution in [0.3, 0.4) is 0 Å². The smallest absolute Gasteiger partial charge is 0.240 e. The number of carbonyl (C=O) groups excluding carboxylic acids is 1. The van der Waals surface area contributed by atoms with E-state index in [9.17, 15) is 4.79 Å². The molecule has 3 rings (SSSR count). The van der Waals surface area contributed by atoms with Crippen LogP contribution in [0.2, 0.25) is 0 Å². The van der Waals surface area contributed by atoms with Gasteiger partial charge in [-0.25, -0.2) is 0 Å². The average Bonchev–Trinajstić information content (AvgIpc) is 3.22. The zero-order valence-electron chi connectivity index (χ0n) is 13.2. The molecule has 122 valence electrons. The van der Waals surface area contributed by atoms with E-state index >= 15 is 0 Å². The monoisotopic (exact) mass is 321 g/mol. The van der Waals surface area contributed by atoms with Gasteiger partial charge in [-0.1, -0.05) is 25.3 Å². The molecule has 0 aromatic carbocycles. The number of nitrogens with two attached hydrogens (primary N) is 1. The third kappa shape index (κ3) is 3.53. The molecule has 1 aliphatic carbocycles. The summed E-state index contributed by atoms with van der Waals surface area (Å²) in [5.41, 5.74) is 5.70. The van der Waals surface area contributed by atoms with Crippen LogP contribution >= 0.6 is 11.3 Å². The van der Waals surface area contributed by atoms with Crippen LogP contribution in [0.15, 0.2) is 17.5 Å². The number of rotatable bonds is 5. The van der Waals surface area contributed by atoms with Crippen molar-refractivity contribution in [3.63, 3.8) is 0 Å². The van der Waals surface area contributed by atoms with Gasteiger partial charge in [-0.05, 0) is 50.2 Å². The van der Waals surface area contributed by atoms with Crippen molar-refractivity contribution >= 4 is 17.2 Å². The van der Waals surface area contributed by atoms with E-state index in [4.69, 9.17) is 5.73 Å². The molecule has 1 aromatic heterocycles. The van der Waals surface area contributed by atoms with Gasteiger partial charge in [0.1, 0.15) is 0 Å². The molecule has 2 heterocycles. The molecule has 1 aromatic rings. The summed E-state index contributed by atoms with van der Waals surface area (Å²) in [6.45, 7) is 2.94. The van der Waals surface area contributed by atoms with Crippen LogP contribution in [0.25, 0.3) is 0 Å². The van der Waals surface area contributed by atoms with Gasteiger partial charge in [0.15, 0.2) is 0 Å². The molecule has 1 atom stereocenters. The highest BCUT2D eigenvalue weighted by molar-refractivity contribution is 7.10. The van der Waals surface area contributed by atoms with Gasteiger partial charge in [0, 0.05) is 11.4 Å². The van der Waals surface area contributed by atoms with Crippen molar-refractivity contribution in [3.8, 4) is 0 Å². The molecule has 1 saturated heterocycles. The van der Waals surface area contributed by atoms with Crippen molar-refractivity contribution in [1.82, 2.24) is 10.2 Å². The van der Waals surface area contributed by atoms with E-state index in [0.717, 1.165) is 38.8 Å². The second-order valence-electron chi connectivity index (χ2n) is 6.70. The Bertz CT molecular complexity index is 476. The maximum absolute atomic E-state index is 12.6. The molecule has 5 heteroatoms. The number of carbonyl (C=O) groups is 1. The molecule has 2 fully saturated rings. The molecule has 0 bridgehead atoms. The SMILES string of the molecule is NC1(C(=O)NCC(c2cccs2)N2CCCC2)CCCCC1. The lowest BCUT2D eigenvalue weighted by atomic mass is 9.82. The Labute approximate surface area is 137 Å². The Morgan fingerprint density at radius 1 is 1.27 bits per heavy atom. The summed E-state index contributed by atoms with van der Waals surface area (Å²) < 4.78 is 0. The number of thiophene rings is 1. The third-order valence-corrected chi connectivity index (χ3v) is 6.08. The lowest BCUT2D eigenvalue weighted by molar-refractivity contribution is -0.127. The minimum atomic E-state index is -0.636. The highest BCUT2D eigenvalue weighted by Crippen LogP contribution is 2.29. The normalized spacial score (nSPS) is 23.3. The van der Waals surface area contributed by atoms with Gasteiger partial charge in [0.2, 0.25) is 5.91 Å². The van der Waals surface area contributed by atoms with Crippen molar-refractivity contribution in [2.45, 2.75) is 56.5 Å². The summed E-state index contributed by atoms with van der Waals surface area (Å²) in [6.07, 6.45) is 7.53. The predicted octanol–water partition coefficient (Wildman–Crippen LogP) is 2.66. The van der Waals surface area contributed by atoms with Crippen molar-refractivity contribution in [1.29, 1.82) is 0 Å². The average molecular weight is 321 g/mol. The Kier molecular flexibility index (Phi) is 5.16. The number of hydrogen-bond donors (Lipinski definition) is 2. The second kappa shape index (κ2) is 7.11. The van der Waals surface area contributed by atoms with Gasteiger partial charge in [0.05, 0.1) is 11.6 Å². The molecule has 2 aliphatic rings. The van der Waals surface area contributed by atoms with Crippen molar-refractivity contribution in [2.75, 3.05) is 19.6 Å². The summed E-state index contributed by atoms with van der Waals surface area (Å²) in [4.78, 5) is 16.4. The van der Waals surface area contributed by atoms with Gasteiger partial charge >= 0.3 is 0 Å². The number of amides is 1. The largest absolute Gasteiger partial charge is 0.353 e. The molecular weight excluding hydrogens is 294 g/mol. The Morgan fingerprint density at radius 3 is 2.64 bits per heavy atom. The third-order valence-electron chi connectivity index (χ3n) is 5.11. The van der Waals surface area contributed by atoms with Crippen molar-refractivity contribution in [2.24, 2.45) is 5.73 Å². The first kappa shape index (κ1) is 16.0. The van der Waals surface area contributed by atoms with E-state index in [2.05, 4.69) is 27.7 Å². The van der Waals surface area contributed by atoms with Gasteiger partial charge in [-0.15, -0.1) is 11.3 Å². The van der Waals surface area contributed by atoms with Gasteiger partial charge in [-0.2, -0.15) is 0 Å². The molecule has 3 N–H and O–H groups in total. The lowest BCUT2D eigenvalue weighted by Crippen LogP contribution is -2.56. The molecule has 1 amide bonds. The fourth-order valence-corrected chi connectivity index (χ4v) is 4.58. The zero-order chi connectivity index (χ0) is 15.4. The molecule has 1 saturated carbocycles. The van der Waals surface area contributed by atoms with E-state index in [1.54, 1.807) is 11.3 Å². The van der Waals surface area contributed by atoms with E-state index in [1.165, 1.54) is 24.1 Å². The summed E-state index contributed by atoms with van der Waals surface area (Å²) >= 11 is 1.78. The maximum Gasteiger partial charge on any atom is 0.240 e. The topological polar surface area (TPSA) is 58.4 Å². The first-order valence-electron chi connectivity index (χ1n) is 8.54. The van der Waals surface area contributed by atoms with Crippen LogP contribution in [0.1, 0.15) is 55.9 Å². The van der Waals surface area contributed by atoms with Crippen LogP contribution in [0.4, 0.5) is 0 Å². The number of likely N-dealkylation sites (tertiary alicyclic amines) is 1. The van der Waals surface area contributed by atoms with Gasteiger partial charge in [0.25, 0.3) is 0 Å². The minimum absolute atomic E-state index is 0.0490. The van der Waals surface area contributed by atoms with E-state index in [0.29, 0.717) is 12.6 Å². The fraction of sp³-hybridized carbons (Fsp3) is 0.706. The maximum atomic E-state index is 12.6. The summed E-state index contributed by atoms with van der Waals surface area (Å²) in [5, 5.41) is 5.28. The number of hydrogen-bond acceptors (Lipinski definition) is 4. The van der Waals surface area contributed by atoms with E-state index in [1.807, 2.05) is 0 Å². The number of nitrogens with one attached hydrogen (secondary N) is 1. The standard InChI is InChI=1S/C17H27N3OS/c18-17(8-2-1-3-9-17)16(21)19-13-14(15-7-6-12-22-15)20-10-4-5-11-20/h6-7,12,14H,1-5,8-11,13,18H2,(H,19,21). The highest BCUT2D eigenvalue weighted by atomic mass is 32.1. The minimum Gasteiger partial charge on any atom is -0.353 e. The van der Waals surface area contributed by atoms with E-state index in [-0.39, 0.29) is 5.91 Å². The molecule has 1 unspecified atom stereocenters. The quantitative estimate of drug-likeness (QED) is 0.876. The molecule has 1 aliphatic heterocycles. The van der Waals surface area contributed by atoms with Crippen molar-refractivity contribution in [3.05, 3.63) is 22.4 Å². The molecular formula is C17H27N3OS. The van der Waals surface area contributed by atoms with Crippen molar-refractivity contribution < 1.29 is 4.79 Å². The van der Waals surface area contributed by atoms with Crippen LogP contribution in [0.5, 0.6) is 0 Å². The summed E-state index contributed by atoms with van der Waals surface area (Å²) in [6, 6.07) is 4.58. The molecule has 22 heavy (non-hydrogen) atoms. The zero-order valence-corrected chi connectivity index (χ0v) is 14.0. The highest BCUT2D eigenvalue weighted by Gasteiger charge is 2.36. The predicted molar refractivity (Wildman–Crippen MR) is 90.9 cm³/mol. The number of nitrogens with zero attached hydrogens (tertiary/aromatic N) is 1. The Morgan fingerprint density at radius 2 is 2.00 bits per heavy atom. The Hall–Kier alpha value is -0.910. The Balaban J connectivity index is 1.62. The van der Waals surface area contributed by atoms with Crippen LogP contribution < -0.4 is 11.1 Å². The van der Waals surface area contributed by atoms with E-state index < -0.39 is 5.54 Å². The van der Waals surface area contributed by atoms with Crippen LogP contribution in [0, 0.1) is 0 Å². The molecule has 0 radical (unpaired) electrons. The lowest BCUT2D eigenvalue weighted by Gasteiger charge is -2.33. The van der Waals surface area contributed by atoms with Gasteiger partial charge < -0.3 is 11.1 Å². The van der Waals surface area contributed by atoms with Crippen LogP contribution in [-0.2, 0) is 4.79 Å².